The summed E-state index contributed by atoms with van der Waals surface area (Å²) < 4.78 is 7.12. The van der Waals surface area contributed by atoms with E-state index in [2.05, 4.69) is 18.2 Å². The van der Waals surface area contributed by atoms with Gasteiger partial charge in [0.05, 0.1) is 30.1 Å². The maximum Gasteiger partial charge on any atom is 0.262 e. The number of methoxy groups -OCH3 is 1. The highest BCUT2D eigenvalue weighted by molar-refractivity contribution is 5.89. The zero-order valence-corrected chi connectivity index (χ0v) is 17.0. The summed E-state index contributed by atoms with van der Waals surface area (Å²) in [6.45, 7) is 0.549. The van der Waals surface area contributed by atoms with Gasteiger partial charge in [-0.2, -0.15) is 0 Å². The molecule has 1 saturated carbocycles. The van der Waals surface area contributed by atoms with Crippen LogP contribution in [0.5, 0.6) is 5.75 Å². The molecule has 1 aliphatic carbocycles. The van der Waals surface area contributed by atoms with E-state index in [1.54, 1.807) is 17.7 Å². The summed E-state index contributed by atoms with van der Waals surface area (Å²) in [5.41, 5.74) is 5.12. The average Bonchev–Trinajstić information content (AvgIpc) is 3.16. The Morgan fingerprint density at radius 1 is 0.967 bits per heavy atom. The van der Waals surface area contributed by atoms with Gasteiger partial charge in [-0.3, -0.25) is 9.36 Å². The number of nitrogens with zero attached hydrogens (tertiary/aromatic N) is 3. The van der Waals surface area contributed by atoms with Crippen LogP contribution in [0.15, 0.2) is 47.3 Å². The number of benzene rings is 2. The maximum atomic E-state index is 13.4. The van der Waals surface area contributed by atoms with Gasteiger partial charge in [-0.05, 0) is 48.6 Å². The highest BCUT2D eigenvalue weighted by Crippen LogP contribution is 2.43. The topological polar surface area (TPSA) is 57.0 Å². The minimum absolute atomic E-state index is 0.0226. The van der Waals surface area contributed by atoms with Gasteiger partial charge < -0.3 is 4.74 Å². The van der Waals surface area contributed by atoms with Gasteiger partial charge in [0.1, 0.15) is 11.4 Å². The molecule has 30 heavy (non-hydrogen) atoms. The van der Waals surface area contributed by atoms with Gasteiger partial charge in [0.25, 0.3) is 5.56 Å². The van der Waals surface area contributed by atoms with Crippen molar-refractivity contribution < 1.29 is 4.74 Å². The third-order valence-corrected chi connectivity index (χ3v) is 6.74. The fourth-order valence-electron chi connectivity index (χ4n) is 5.29. The predicted molar refractivity (Wildman–Crippen MR) is 118 cm³/mol. The number of hydrogen-bond donors (Lipinski definition) is 0. The zero-order chi connectivity index (χ0) is 20.2. The molecule has 4 aromatic rings. The van der Waals surface area contributed by atoms with Crippen LogP contribution in [0.25, 0.3) is 33.3 Å². The standard InChI is InChI=1S/C25H23N3O2/c1-30-16-11-12-21-18(13-16)25(29)28-14-19-22(15-7-3-2-4-8-15)17-9-5-6-10-20(17)26-23(19)24(28)27-21/h5-6,9-13,15H,2-4,7-8,14H2,1H3. The van der Waals surface area contributed by atoms with Crippen molar-refractivity contribution in [2.75, 3.05) is 7.11 Å². The fraction of sp³-hybridized carbons (Fsp3) is 0.320. The second-order valence-electron chi connectivity index (χ2n) is 8.41. The van der Waals surface area contributed by atoms with Crippen LogP contribution in [-0.2, 0) is 6.54 Å². The van der Waals surface area contributed by atoms with Crippen LogP contribution in [0.1, 0.15) is 49.1 Å². The van der Waals surface area contributed by atoms with Crippen LogP contribution in [-0.4, -0.2) is 21.6 Å². The van der Waals surface area contributed by atoms with E-state index in [0.29, 0.717) is 34.9 Å². The summed E-state index contributed by atoms with van der Waals surface area (Å²) in [4.78, 5) is 23.2. The summed E-state index contributed by atoms with van der Waals surface area (Å²) in [7, 11) is 1.61. The normalized spacial score (nSPS) is 16.0. The Morgan fingerprint density at radius 2 is 1.77 bits per heavy atom. The van der Waals surface area contributed by atoms with E-state index in [9.17, 15) is 4.79 Å². The molecule has 5 heteroatoms. The van der Waals surface area contributed by atoms with Crippen molar-refractivity contribution in [2.45, 2.75) is 44.6 Å². The number of ether oxygens (including phenoxy) is 1. The van der Waals surface area contributed by atoms with Crippen LogP contribution < -0.4 is 10.3 Å². The molecule has 5 nitrogen and oxygen atoms in total. The molecule has 150 valence electrons. The van der Waals surface area contributed by atoms with Crippen molar-refractivity contribution in [3.63, 3.8) is 0 Å². The third kappa shape index (κ3) is 2.51. The Kier molecular flexibility index (Phi) is 3.91. The molecule has 0 N–H and O–H groups in total. The molecule has 0 unspecified atom stereocenters. The molecule has 1 fully saturated rings. The lowest BCUT2D eigenvalue weighted by atomic mass is 9.80. The van der Waals surface area contributed by atoms with Gasteiger partial charge in [-0.25, -0.2) is 9.97 Å². The average molecular weight is 397 g/mol. The molecule has 0 spiro atoms. The van der Waals surface area contributed by atoms with Gasteiger partial charge in [0.15, 0.2) is 5.82 Å². The van der Waals surface area contributed by atoms with Crippen molar-refractivity contribution in [1.82, 2.24) is 14.5 Å². The Labute approximate surface area is 174 Å². The van der Waals surface area contributed by atoms with Crippen molar-refractivity contribution >= 4 is 21.8 Å². The highest BCUT2D eigenvalue weighted by Gasteiger charge is 2.31. The van der Waals surface area contributed by atoms with Crippen molar-refractivity contribution in [3.05, 3.63) is 63.9 Å². The molecule has 2 aromatic carbocycles. The summed E-state index contributed by atoms with van der Waals surface area (Å²) in [5.74, 6) is 1.89. The Balaban J connectivity index is 1.64. The van der Waals surface area contributed by atoms with Crippen LogP contribution in [0.2, 0.25) is 0 Å². The quantitative estimate of drug-likeness (QED) is 0.419. The van der Waals surface area contributed by atoms with Crippen molar-refractivity contribution in [2.24, 2.45) is 0 Å². The molecular formula is C25H23N3O2. The van der Waals surface area contributed by atoms with E-state index in [-0.39, 0.29) is 5.56 Å². The first kappa shape index (κ1) is 17.6. The minimum Gasteiger partial charge on any atom is -0.497 e. The van der Waals surface area contributed by atoms with E-state index >= 15 is 0 Å². The van der Waals surface area contributed by atoms with Gasteiger partial charge in [0, 0.05) is 10.9 Å². The van der Waals surface area contributed by atoms with Crippen LogP contribution in [0.3, 0.4) is 0 Å². The second-order valence-corrected chi connectivity index (χ2v) is 8.41. The first-order chi connectivity index (χ1) is 14.7. The lowest BCUT2D eigenvalue weighted by molar-refractivity contribution is 0.415. The Morgan fingerprint density at radius 3 is 2.60 bits per heavy atom. The van der Waals surface area contributed by atoms with E-state index in [1.807, 2.05) is 18.2 Å². The first-order valence-electron chi connectivity index (χ1n) is 10.7. The van der Waals surface area contributed by atoms with Crippen LogP contribution in [0.4, 0.5) is 0 Å². The molecule has 0 atom stereocenters. The van der Waals surface area contributed by atoms with Crippen molar-refractivity contribution in [3.8, 4) is 17.3 Å². The molecule has 6 rings (SSSR count). The molecule has 3 heterocycles. The molecular weight excluding hydrogens is 374 g/mol. The number of fused-ring (bicyclic) bond motifs is 5. The zero-order valence-electron chi connectivity index (χ0n) is 17.0. The first-order valence-corrected chi connectivity index (χ1v) is 10.7. The van der Waals surface area contributed by atoms with Crippen molar-refractivity contribution in [1.29, 1.82) is 0 Å². The predicted octanol–water partition coefficient (Wildman–Crippen LogP) is 5.03. The SMILES string of the molecule is COc1ccc2nc3n(c(=O)c2c1)Cc1c-3nc2ccccc2c1C1CCCCC1. The largest absolute Gasteiger partial charge is 0.497 e. The van der Waals surface area contributed by atoms with Gasteiger partial charge in [-0.1, -0.05) is 37.5 Å². The smallest absolute Gasteiger partial charge is 0.262 e. The van der Waals surface area contributed by atoms with E-state index in [4.69, 9.17) is 14.7 Å². The number of aromatic nitrogens is 3. The Hall–Kier alpha value is -3.21. The fourth-order valence-corrected chi connectivity index (χ4v) is 5.29. The van der Waals surface area contributed by atoms with Gasteiger partial charge in [0.2, 0.25) is 0 Å². The van der Waals surface area contributed by atoms with Gasteiger partial charge >= 0.3 is 0 Å². The molecule has 2 aromatic heterocycles. The number of para-hydroxylation sites is 1. The monoisotopic (exact) mass is 397 g/mol. The third-order valence-electron chi connectivity index (χ3n) is 6.74. The maximum absolute atomic E-state index is 13.4. The highest BCUT2D eigenvalue weighted by atomic mass is 16.5. The van der Waals surface area contributed by atoms with E-state index in [0.717, 1.165) is 11.2 Å². The summed E-state index contributed by atoms with van der Waals surface area (Å²) in [6, 6.07) is 13.9. The summed E-state index contributed by atoms with van der Waals surface area (Å²) in [5, 5.41) is 1.82. The number of rotatable bonds is 2. The van der Waals surface area contributed by atoms with E-state index < -0.39 is 0 Å². The van der Waals surface area contributed by atoms with Crippen LogP contribution in [0, 0.1) is 0 Å². The molecule has 1 aliphatic heterocycles. The second kappa shape index (κ2) is 6.66. The van der Waals surface area contributed by atoms with Gasteiger partial charge in [-0.15, -0.1) is 0 Å². The van der Waals surface area contributed by atoms with Crippen LogP contribution >= 0.6 is 0 Å². The summed E-state index contributed by atoms with van der Waals surface area (Å²) in [6.07, 6.45) is 6.27. The molecule has 0 amide bonds. The summed E-state index contributed by atoms with van der Waals surface area (Å²) >= 11 is 0. The lowest BCUT2D eigenvalue weighted by Crippen LogP contribution is -2.20. The molecule has 0 saturated heterocycles. The number of hydrogen-bond acceptors (Lipinski definition) is 4. The molecule has 2 aliphatic rings. The molecule has 0 bridgehead atoms. The number of pyridine rings is 1. The Bertz CT molecular complexity index is 1370. The molecule has 0 radical (unpaired) electrons. The lowest BCUT2D eigenvalue weighted by Gasteiger charge is -2.25. The minimum atomic E-state index is -0.0226. The van der Waals surface area contributed by atoms with E-state index in [1.165, 1.54) is 48.6 Å².